The average molecular weight is 428 g/mol. The van der Waals surface area contributed by atoms with Crippen molar-refractivity contribution in [2.45, 2.75) is 20.8 Å². The number of nitrogens with one attached hydrogen (secondary N) is 1. The van der Waals surface area contributed by atoms with Crippen LogP contribution in [0.5, 0.6) is 0 Å². The van der Waals surface area contributed by atoms with Crippen LogP contribution in [0.4, 0.5) is 10.1 Å². The number of allylic oxidation sites excluding steroid dienone is 1. The maximum Gasteiger partial charge on any atom is 0.232 e. The molecule has 0 saturated carbocycles. The van der Waals surface area contributed by atoms with Gasteiger partial charge in [0, 0.05) is 22.5 Å². The third-order valence-electron chi connectivity index (χ3n) is 4.64. The second-order valence-corrected chi connectivity index (χ2v) is 8.76. The summed E-state index contributed by atoms with van der Waals surface area (Å²) in [5, 5.41) is 4.48. The molecule has 0 unspecified atom stereocenters. The number of hydrogen-bond acceptors (Lipinski definition) is 4. The third-order valence-corrected chi connectivity index (χ3v) is 5.95. The summed E-state index contributed by atoms with van der Waals surface area (Å²) < 4.78 is 40.5. The van der Waals surface area contributed by atoms with Crippen molar-refractivity contribution in [2.24, 2.45) is 0 Å². The molecule has 0 aliphatic carbocycles. The van der Waals surface area contributed by atoms with Gasteiger partial charge in [-0.05, 0) is 81.5 Å². The predicted molar refractivity (Wildman–Crippen MR) is 116 cm³/mol. The van der Waals surface area contributed by atoms with Gasteiger partial charge < -0.3 is 0 Å². The van der Waals surface area contributed by atoms with Gasteiger partial charge in [0.15, 0.2) is 5.78 Å². The van der Waals surface area contributed by atoms with Crippen molar-refractivity contribution in [3.05, 3.63) is 82.9 Å². The lowest BCUT2D eigenvalue weighted by Gasteiger charge is -2.06. The van der Waals surface area contributed by atoms with Gasteiger partial charge in [0.05, 0.1) is 17.1 Å². The van der Waals surface area contributed by atoms with Gasteiger partial charge in [0.25, 0.3) is 0 Å². The number of halogens is 1. The minimum atomic E-state index is -3.36. The van der Waals surface area contributed by atoms with Crippen LogP contribution in [0.25, 0.3) is 11.8 Å². The Morgan fingerprint density at radius 3 is 2.33 bits per heavy atom. The van der Waals surface area contributed by atoms with Crippen molar-refractivity contribution in [3.8, 4) is 5.69 Å². The topological polar surface area (TPSA) is 81.1 Å². The first-order valence-electron chi connectivity index (χ1n) is 9.35. The van der Waals surface area contributed by atoms with Crippen LogP contribution in [-0.4, -0.2) is 29.7 Å². The summed E-state index contributed by atoms with van der Waals surface area (Å²) in [6.45, 7) is 5.27. The molecule has 0 aliphatic heterocycles. The van der Waals surface area contributed by atoms with Crippen LogP contribution >= 0.6 is 0 Å². The highest BCUT2D eigenvalue weighted by Crippen LogP contribution is 2.20. The molecule has 2 aromatic carbocycles. The van der Waals surface area contributed by atoms with E-state index in [-0.39, 0.29) is 17.4 Å². The minimum absolute atomic E-state index is 0.0271. The number of rotatable bonds is 7. The molecule has 156 valence electrons. The zero-order valence-electron chi connectivity index (χ0n) is 16.9. The van der Waals surface area contributed by atoms with Gasteiger partial charge in [-0.1, -0.05) is 0 Å². The highest BCUT2D eigenvalue weighted by atomic mass is 32.2. The molecule has 0 bridgehead atoms. The van der Waals surface area contributed by atoms with Crippen LogP contribution in [0.2, 0.25) is 0 Å². The SMILES string of the molecule is CCS(=O)(=O)Nc1ccc(C(=O)/C=C/c2c(C)nn(-c3ccc(F)cc3)c2C)cc1. The Hall–Kier alpha value is -3.26. The fraction of sp³-hybridized carbons (Fsp3) is 0.182. The minimum Gasteiger partial charge on any atom is -0.289 e. The molecule has 0 atom stereocenters. The van der Waals surface area contributed by atoms with E-state index in [4.69, 9.17) is 0 Å². The monoisotopic (exact) mass is 427 g/mol. The number of nitrogens with zero attached hydrogens (tertiary/aromatic N) is 2. The van der Waals surface area contributed by atoms with Gasteiger partial charge >= 0.3 is 0 Å². The summed E-state index contributed by atoms with van der Waals surface area (Å²) in [4.78, 5) is 12.5. The van der Waals surface area contributed by atoms with Crippen LogP contribution in [0.1, 0.15) is 34.2 Å². The van der Waals surface area contributed by atoms with Crippen LogP contribution < -0.4 is 4.72 Å². The molecule has 0 radical (unpaired) electrons. The zero-order chi connectivity index (χ0) is 21.9. The molecule has 1 N–H and O–H groups in total. The predicted octanol–water partition coefficient (Wildman–Crippen LogP) is 4.29. The van der Waals surface area contributed by atoms with Crippen LogP contribution in [0, 0.1) is 19.7 Å². The molecular weight excluding hydrogens is 405 g/mol. The molecule has 8 heteroatoms. The van der Waals surface area contributed by atoms with E-state index in [0.29, 0.717) is 11.3 Å². The number of carbonyl (C=O) groups is 1. The number of aromatic nitrogens is 2. The normalized spacial score (nSPS) is 11.7. The highest BCUT2D eigenvalue weighted by molar-refractivity contribution is 7.92. The second kappa shape index (κ2) is 8.62. The van der Waals surface area contributed by atoms with Gasteiger partial charge in [-0.2, -0.15) is 5.10 Å². The Bertz CT molecular complexity index is 1200. The van der Waals surface area contributed by atoms with E-state index in [0.717, 1.165) is 22.6 Å². The fourth-order valence-corrected chi connectivity index (χ4v) is 3.58. The van der Waals surface area contributed by atoms with E-state index in [1.54, 1.807) is 54.1 Å². The molecular formula is C22H22FN3O3S. The Balaban J connectivity index is 1.79. The molecule has 0 saturated heterocycles. The first kappa shape index (κ1) is 21.4. The van der Waals surface area contributed by atoms with Crippen molar-refractivity contribution in [2.75, 3.05) is 10.5 Å². The van der Waals surface area contributed by atoms with Gasteiger partial charge in [0.1, 0.15) is 5.82 Å². The van der Waals surface area contributed by atoms with Crippen molar-refractivity contribution >= 4 is 27.6 Å². The summed E-state index contributed by atoms with van der Waals surface area (Å²) in [5.74, 6) is -0.562. The molecule has 6 nitrogen and oxygen atoms in total. The van der Waals surface area contributed by atoms with Crippen molar-refractivity contribution < 1.29 is 17.6 Å². The molecule has 3 aromatic rings. The van der Waals surface area contributed by atoms with E-state index in [2.05, 4.69) is 9.82 Å². The number of sulfonamides is 1. The molecule has 0 spiro atoms. The maximum absolute atomic E-state index is 13.2. The standard InChI is InChI=1S/C22H22FN3O3S/c1-4-30(28,29)25-19-9-5-17(6-10-19)22(27)14-13-21-15(2)24-26(16(21)3)20-11-7-18(23)8-12-20/h5-14,25H,4H2,1-3H3/b14-13+. The van der Waals surface area contributed by atoms with Gasteiger partial charge in [-0.3, -0.25) is 9.52 Å². The number of hydrogen-bond donors (Lipinski definition) is 1. The maximum atomic E-state index is 13.2. The molecule has 0 fully saturated rings. The Morgan fingerprint density at radius 2 is 1.73 bits per heavy atom. The number of ketones is 1. The summed E-state index contributed by atoms with van der Waals surface area (Å²) in [5.41, 5.74) is 3.95. The largest absolute Gasteiger partial charge is 0.289 e. The smallest absolute Gasteiger partial charge is 0.232 e. The van der Waals surface area contributed by atoms with E-state index in [1.807, 2.05) is 13.8 Å². The number of anilines is 1. The summed E-state index contributed by atoms with van der Waals surface area (Å²) in [7, 11) is -3.36. The van der Waals surface area contributed by atoms with E-state index >= 15 is 0 Å². The quantitative estimate of drug-likeness (QED) is 0.451. The molecule has 0 amide bonds. The zero-order valence-corrected chi connectivity index (χ0v) is 17.7. The lowest BCUT2D eigenvalue weighted by molar-refractivity contribution is 0.104. The van der Waals surface area contributed by atoms with Crippen molar-refractivity contribution in [1.82, 2.24) is 9.78 Å². The van der Waals surface area contributed by atoms with Gasteiger partial charge in [0.2, 0.25) is 10.0 Å². The Morgan fingerprint density at radius 1 is 1.10 bits per heavy atom. The van der Waals surface area contributed by atoms with Crippen LogP contribution in [0.3, 0.4) is 0 Å². The first-order valence-corrected chi connectivity index (χ1v) is 11.0. The van der Waals surface area contributed by atoms with E-state index in [1.165, 1.54) is 18.2 Å². The summed E-state index contributed by atoms with van der Waals surface area (Å²) >= 11 is 0. The van der Waals surface area contributed by atoms with Gasteiger partial charge in [-0.25, -0.2) is 17.5 Å². The summed E-state index contributed by atoms with van der Waals surface area (Å²) in [6, 6.07) is 12.3. The molecule has 0 aliphatic rings. The lowest BCUT2D eigenvalue weighted by atomic mass is 10.1. The van der Waals surface area contributed by atoms with E-state index < -0.39 is 10.0 Å². The molecule has 3 rings (SSSR count). The first-order chi connectivity index (χ1) is 14.2. The average Bonchev–Trinajstić information content (AvgIpc) is 3.00. The van der Waals surface area contributed by atoms with Crippen molar-refractivity contribution in [3.63, 3.8) is 0 Å². The van der Waals surface area contributed by atoms with Crippen molar-refractivity contribution in [1.29, 1.82) is 0 Å². The Labute approximate surface area is 175 Å². The Kier molecular flexibility index (Phi) is 6.17. The molecule has 1 aromatic heterocycles. The second-order valence-electron chi connectivity index (χ2n) is 6.75. The number of aryl methyl sites for hydroxylation is 1. The van der Waals surface area contributed by atoms with E-state index in [9.17, 15) is 17.6 Å². The molecule has 1 heterocycles. The van der Waals surface area contributed by atoms with Gasteiger partial charge in [-0.15, -0.1) is 0 Å². The summed E-state index contributed by atoms with van der Waals surface area (Å²) in [6.07, 6.45) is 3.16. The molecule has 30 heavy (non-hydrogen) atoms. The lowest BCUT2D eigenvalue weighted by Crippen LogP contribution is -2.14. The highest BCUT2D eigenvalue weighted by Gasteiger charge is 2.12. The van der Waals surface area contributed by atoms with Crippen LogP contribution in [0.15, 0.2) is 54.6 Å². The van der Waals surface area contributed by atoms with Crippen LogP contribution in [-0.2, 0) is 10.0 Å². The number of carbonyl (C=O) groups excluding carboxylic acids is 1. The third kappa shape index (κ3) is 4.83. The number of benzene rings is 2. The fourth-order valence-electron chi connectivity index (χ4n) is 2.94.